The number of imidazole rings is 1. The lowest BCUT2D eigenvalue weighted by Gasteiger charge is -2.31. The van der Waals surface area contributed by atoms with Crippen molar-refractivity contribution in [3.63, 3.8) is 0 Å². The maximum absolute atomic E-state index is 13.9. The molecule has 6 nitrogen and oxygen atoms in total. The number of anilines is 1. The van der Waals surface area contributed by atoms with Crippen molar-refractivity contribution in [3.8, 4) is 0 Å². The third kappa shape index (κ3) is 5.28. The van der Waals surface area contributed by atoms with Crippen molar-refractivity contribution in [2.75, 3.05) is 19.5 Å². The molecule has 1 fully saturated rings. The number of halogens is 2. The van der Waals surface area contributed by atoms with Gasteiger partial charge in [0.25, 0.3) is 0 Å². The van der Waals surface area contributed by atoms with Crippen molar-refractivity contribution >= 4 is 22.9 Å². The Kier molecular flexibility index (Phi) is 7.32. The highest BCUT2D eigenvalue weighted by atomic mass is 35.5. The van der Waals surface area contributed by atoms with Gasteiger partial charge in [0.15, 0.2) is 5.06 Å². The van der Waals surface area contributed by atoms with Crippen LogP contribution in [0, 0.1) is 5.82 Å². The molecule has 0 spiro atoms. The summed E-state index contributed by atoms with van der Waals surface area (Å²) in [5.41, 5.74) is 3.45. The number of allylic oxidation sites excluding steroid dienone is 1. The van der Waals surface area contributed by atoms with Crippen LogP contribution in [-0.2, 0) is 16.0 Å². The molecule has 0 bridgehead atoms. The van der Waals surface area contributed by atoms with E-state index in [9.17, 15) is 4.39 Å². The standard InChI is InChI=1S/C28H32ClFN4O2/c1-35-23-11-12-24(28(29,16-23)36-2)26-18-34-14-13-22(15-27(34)33-26)32-21-9-7-20(8-10-21)31-17-19-5-3-4-6-25(19)30/h3-6,11-16,18,20-21,24,31-32H,7-10,17H2,1-2H3/t20-,21+,24?,28?. The predicted octanol–water partition coefficient (Wildman–Crippen LogP) is 5.75. The Morgan fingerprint density at radius 1 is 1.14 bits per heavy atom. The van der Waals surface area contributed by atoms with Gasteiger partial charge in [-0.1, -0.05) is 35.9 Å². The molecule has 1 saturated carbocycles. The molecule has 2 atom stereocenters. The number of alkyl halides is 1. The lowest BCUT2D eigenvalue weighted by Crippen LogP contribution is -2.36. The molecule has 2 aromatic heterocycles. The summed E-state index contributed by atoms with van der Waals surface area (Å²) in [4.78, 5) is 4.85. The van der Waals surface area contributed by atoms with Crippen LogP contribution in [0.4, 0.5) is 10.1 Å². The molecule has 3 aromatic rings. The Labute approximate surface area is 216 Å². The lowest BCUT2D eigenvalue weighted by atomic mass is 9.91. The van der Waals surface area contributed by atoms with Crippen LogP contribution in [0.15, 0.2) is 72.8 Å². The minimum atomic E-state index is -1.06. The largest absolute Gasteiger partial charge is 0.497 e. The summed E-state index contributed by atoms with van der Waals surface area (Å²) >= 11 is 6.78. The first-order valence-corrected chi connectivity index (χ1v) is 12.8. The highest BCUT2D eigenvalue weighted by molar-refractivity contribution is 6.25. The number of aromatic nitrogens is 2. The molecular formula is C28H32ClFN4O2. The smallest absolute Gasteiger partial charge is 0.175 e. The van der Waals surface area contributed by atoms with Crippen LogP contribution in [-0.4, -0.2) is 40.7 Å². The quantitative estimate of drug-likeness (QED) is 0.378. The van der Waals surface area contributed by atoms with Gasteiger partial charge in [-0.05, 0) is 43.9 Å². The van der Waals surface area contributed by atoms with Crippen LogP contribution >= 0.6 is 11.6 Å². The fourth-order valence-corrected chi connectivity index (χ4v) is 5.37. The van der Waals surface area contributed by atoms with Gasteiger partial charge in [-0.25, -0.2) is 9.37 Å². The SMILES string of the molecule is COC1=CC(Cl)(OC)C(c2cn3ccc(N[C@H]4CC[C@@H](NCc5ccccc5F)CC4)cc3n2)C=C1. The van der Waals surface area contributed by atoms with Crippen molar-refractivity contribution in [2.24, 2.45) is 0 Å². The lowest BCUT2D eigenvalue weighted by molar-refractivity contribution is 0.0852. The average molecular weight is 511 g/mol. The number of nitrogens with one attached hydrogen (secondary N) is 2. The predicted molar refractivity (Wildman–Crippen MR) is 141 cm³/mol. The van der Waals surface area contributed by atoms with Crippen LogP contribution < -0.4 is 10.6 Å². The molecule has 36 heavy (non-hydrogen) atoms. The van der Waals surface area contributed by atoms with Gasteiger partial charge in [-0.3, -0.25) is 0 Å². The third-order valence-electron chi connectivity index (χ3n) is 7.20. The van der Waals surface area contributed by atoms with E-state index in [-0.39, 0.29) is 11.7 Å². The number of hydrogen-bond acceptors (Lipinski definition) is 5. The number of nitrogens with zero attached hydrogens (tertiary/aromatic N) is 2. The molecule has 1 aromatic carbocycles. The molecule has 2 aliphatic rings. The number of benzene rings is 1. The Hall–Kier alpha value is -2.87. The zero-order chi connectivity index (χ0) is 25.1. The summed E-state index contributed by atoms with van der Waals surface area (Å²) in [6.45, 7) is 0.569. The van der Waals surface area contributed by atoms with Gasteiger partial charge in [0.05, 0.1) is 18.7 Å². The second kappa shape index (κ2) is 10.6. The van der Waals surface area contributed by atoms with E-state index in [2.05, 4.69) is 22.8 Å². The fraction of sp³-hybridized carbons (Fsp3) is 0.393. The first kappa shape index (κ1) is 24.8. The first-order chi connectivity index (χ1) is 17.5. The Morgan fingerprint density at radius 2 is 1.92 bits per heavy atom. The normalized spacial score (nSPS) is 26.1. The van der Waals surface area contributed by atoms with E-state index in [0.717, 1.165) is 48.3 Å². The van der Waals surface area contributed by atoms with Crippen molar-refractivity contribution in [3.05, 3.63) is 89.9 Å². The summed E-state index contributed by atoms with van der Waals surface area (Å²) in [6, 6.07) is 11.9. The van der Waals surface area contributed by atoms with E-state index in [4.69, 9.17) is 26.1 Å². The Balaban J connectivity index is 1.20. The van der Waals surface area contributed by atoms with Gasteiger partial charge in [0.1, 0.15) is 17.2 Å². The number of pyridine rings is 1. The second-order valence-corrected chi connectivity index (χ2v) is 10.1. The molecule has 2 N–H and O–H groups in total. The topological polar surface area (TPSA) is 59.8 Å². The molecule has 8 heteroatoms. The molecule has 2 heterocycles. The van der Waals surface area contributed by atoms with E-state index in [1.54, 1.807) is 26.4 Å². The fourth-order valence-electron chi connectivity index (χ4n) is 5.08. The summed E-state index contributed by atoms with van der Waals surface area (Å²) in [5, 5.41) is 6.14. The van der Waals surface area contributed by atoms with Gasteiger partial charge in [-0.2, -0.15) is 0 Å². The highest BCUT2D eigenvalue weighted by Crippen LogP contribution is 2.41. The Bertz CT molecular complexity index is 1270. The van der Waals surface area contributed by atoms with E-state index in [1.807, 2.05) is 41.1 Å². The summed E-state index contributed by atoms with van der Waals surface area (Å²) < 4.78 is 26.8. The molecule has 0 radical (unpaired) electrons. The van der Waals surface area contributed by atoms with Gasteiger partial charge in [-0.15, -0.1) is 0 Å². The van der Waals surface area contributed by atoms with Crippen LogP contribution in [0.1, 0.15) is 42.9 Å². The van der Waals surface area contributed by atoms with Crippen molar-refractivity contribution in [1.29, 1.82) is 0 Å². The maximum atomic E-state index is 13.9. The monoisotopic (exact) mass is 510 g/mol. The highest BCUT2D eigenvalue weighted by Gasteiger charge is 2.39. The summed E-state index contributed by atoms with van der Waals surface area (Å²) in [5.74, 6) is 0.273. The third-order valence-corrected chi connectivity index (χ3v) is 7.70. The van der Waals surface area contributed by atoms with E-state index >= 15 is 0 Å². The van der Waals surface area contributed by atoms with Crippen molar-refractivity contribution in [1.82, 2.24) is 14.7 Å². The molecule has 0 saturated heterocycles. The number of rotatable bonds is 8. The molecule has 0 aliphatic heterocycles. The minimum Gasteiger partial charge on any atom is -0.497 e. The van der Waals surface area contributed by atoms with Gasteiger partial charge in [0, 0.05) is 61.5 Å². The summed E-state index contributed by atoms with van der Waals surface area (Å²) in [6.07, 6.45) is 13.9. The molecule has 0 amide bonds. The van der Waals surface area contributed by atoms with Gasteiger partial charge in [0.2, 0.25) is 0 Å². The molecular weight excluding hydrogens is 479 g/mol. The number of ether oxygens (including phenoxy) is 2. The number of methoxy groups -OCH3 is 2. The van der Waals surface area contributed by atoms with Crippen LogP contribution in [0.25, 0.3) is 5.65 Å². The van der Waals surface area contributed by atoms with E-state index < -0.39 is 5.06 Å². The molecule has 2 aliphatic carbocycles. The van der Waals surface area contributed by atoms with Gasteiger partial charge >= 0.3 is 0 Å². The zero-order valence-electron chi connectivity index (χ0n) is 20.6. The van der Waals surface area contributed by atoms with Crippen molar-refractivity contribution < 1.29 is 13.9 Å². The van der Waals surface area contributed by atoms with Crippen LogP contribution in [0.3, 0.4) is 0 Å². The number of hydrogen-bond donors (Lipinski definition) is 2. The maximum Gasteiger partial charge on any atom is 0.175 e. The van der Waals surface area contributed by atoms with Crippen molar-refractivity contribution in [2.45, 2.75) is 55.3 Å². The van der Waals surface area contributed by atoms with Crippen LogP contribution in [0.5, 0.6) is 0 Å². The van der Waals surface area contributed by atoms with E-state index in [1.165, 1.54) is 6.07 Å². The summed E-state index contributed by atoms with van der Waals surface area (Å²) in [7, 11) is 3.20. The number of fused-ring (bicyclic) bond motifs is 1. The first-order valence-electron chi connectivity index (χ1n) is 12.4. The van der Waals surface area contributed by atoms with E-state index in [0.29, 0.717) is 24.4 Å². The zero-order valence-corrected chi connectivity index (χ0v) is 21.3. The van der Waals surface area contributed by atoms with Gasteiger partial charge < -0.3 is 24.5 Å². The molecule has 190 valence electrons. The second-order valence-electron chi connectivity index (χ2n) is 9.50. The average Bonchev–Trinajstić information content (AvgIpc) is 3.32. The Morgan fingerprint density at radius 3 is 2.67 bits per heavy atom. The molecule has 5 rings (SSSR count). The molecule has 2 unspecified atom stereocenters. The minimum absolute atomic E-state index is 0.146. The van der Waals surface area contributed by atoms with Crippen LogP contribution in [0.2, 0.25) is 0 Å².